The third-order valence-electron chi connectivity index (χ3n) is 6.09. The number of nitrogens with one attached hydrogen (secondary N) is 2. The van der Waals surface area contributed by atoms with Crippen LogP contribution in [0.2, 0.25) is 0 Å². The second-order valence-corrected chi connectivity index (χ2v) is 8.43. The minimum Gasteiger partial charge on any atom is -0.488 e. The molecule has 1 amide bonds. The number of aromatic nitrogens is 2. The molecule has 2 aromatic carbocycles. The highest BCUT2D eigenvalue weighted by atomic mass is 19.4. The Morgan fingerprint density at radius 3 is 2.63 bits per heavy atom. The van der Waals surface area contributed by atoms with Crippen molar-refractivity contribution >= 4 is 11.6 Å². The van der Waals surface area contributed by atoms with Gasteiger partial charge in [-0.05, 0) is 44.2 Å². The molecule has 2 heterocycles. The van der Waals surface area contributed by atoms with Gasteiger partial charge in [0.15, 0.2) is 0 Å². The summed E-state index contributed by atoms with van der Waals surface area (Å²) in [6, 6.07) is 13.4. The van der Waals surface area contributed by atoms with Gasteiger partial charge in [-0.25, -0.2) is 0 Å². The first-order chi connectivity index (χ1) is 16.7. The Bertz CT molecular complexity index is 1230. The second-order valence-electron chi connectivity index (χ2n) is 8.43. The SMILES string of the molecule is Cc1n[nH]c(C)c1CNC(=O)[C@@H]1C[C@H](Oc2ccccc2)CN1c1ccc(C#N)c(C(F)(F)F)c1. The third kappa shape index (κ3) is 5.24. The van der Waals surface area contributed by atoms with Gasteiger partial charge in [0, 0.05) is 29.9 Å². The molecule has 4 rings (SSSR count). The Morgan fingerprint density at radius 1 is 1.26 bits per heavy atom. The van der Waals surface area contributed by atoms with Crippen molar-refractivity contribution in [2.45, 2.75) is 45.1 Å². The van der Waals surface area contributed by atoms with Crippen molar-refractivity contribution in [1.82, 2.24) is 15.5 Å². The highest BCUT2D eigenvalue weighted by Crippen LogP contribution is 2.36. The van der Waals surface area contributed by atoms with Crippen molar-refractivity contribution in [3.8, 4) is 11.8 Å². The van der Waals surface area contributed by atoms with Gasteiger partial charge in [-0.2, -0.15) is 23.5 Å². The number of hydrogen-bond acceptors (Lipinski definition) is 5. The number of alkyl halides is 3. The van der Waals surface area contributed by atoms with Gasteiger partial charge in [0.2, 0.25) is 5.91 Å². The maximum Gasteiger partial charge on any atom is 0.417 e. The lowest BCUT2D eigenvalue weighted by atomic mass is 10.1. The fourth-order valence-corrected chi connectivity index (χ4v) is 4.28. The predicted octanol–water partition coefficient (Wildman–Crippen LogP) is 4.26. The van der Waals surface area contributed by atoms with E-state index in [1.54, 1.807) is 23.1 Å². The number of benzene rings is 2. The Hall–Kier alpha value is -4.00. The zero-order chi connectivity index (χ0) is 25.2. The summed E-state index contributed by atoms with van der Waals surface area (Å²) in [5.74, 6) is 0.279. The van der Waals surface area contributed by atoms with Crippen LogP contribution in [0.25, 0.3) is 0 Å². The van der Waals surface area contributed by atoms with E-state index < -0.39 is 29.4 Å². The van der Waals surface area contributed by atoms with Crippen molar-refractivity contribution in [3.05, 3.63) is 76.6 Å². The maximum absolute atomic E-state index is 13.6. The number of aryl methyl sites for hydroxylation is 2. The Labute approximate surface area is 200 Å². The molecule has 10 heteroatoms. The minimum absolute atomic E-state index is 0.200. The zero-order valence-corrected chi connectivity index (χ0v) is 19.2. The Morgan fingerprint density at radius 2 is 2.00 bits per heavy atom. The lowest BCUT2D eigenvalue weighted by molar-refractivity contribution is -0.137. The first kappa shape index (κ1) is 24.1. The summed E-state index contributed by atoms with van der Waals surface area (Å²) < 4.78 is 46.8. The summed E-state index contributed by atoms with van der Waals surface area (Å²) in [6.45, 7) is 4.12. The number of para-hydroxylation sites is 1. The monoisotopic (exact) mass is 483 g/mol. The molecule has 1 saturated heterocycles. The quantitative estimate of drug-likeness (QED) is 0.547. The fourth-order valence-electron chi connectivity index (χ4n) is 4.28. The molecule has 2 N–H and O–H groups in total. The van der Waals surface area contributed by atoms with Gasteiger partial charge in [-0.3, -0.25) is 9.89 Å². The number of anilines is 1. The number of nitrogens with zero attached hydrogens (tertiary/aromatic N) is 3. The van der Waals surface area contributed by atoms with Gasteiger partial charge in [0.1, 0.15) is 17.9 Å². The van der Waals surface area contributed by atoms with Crippen LogP contribution in [0.15, 0.2) is 48.5 Å². The van der Waals surface area contributed by atoms with Crippen molar-refractivity contribution in [2.24, 2.45) is 0 Å². The lowest BCUT2D eigenvalue weighted by Crippen LogP contribution is -2.43. The molecule has 182 valence electrons. The van der Waals surface area contributed by atoms with E-state index in [0.717, 1.165) is 29.1 Å². The number of H-pyrrole nitrogens is 1. The number of rotatable bonds is 6. The number of amides is 1. The van der Waals surface area contributed by atoms with E-state index in [0.29, 0.717) is 5.75 Å². The van der Waals surface area contributed by atoms with E-state index >= 15 is 0 Å². The van der Waals surface area contributed by atoms with E-state index in [4.69, 9.17) is 10.00 Å². The van der Waals surface area contributed by atoms with Gasteiger partial charge >= 0.3 is 6.18 Å². The van der Waals surface area contributed by atoms with E-state index in [9.17, 15) is 18.0 Å². The first-order valence-corrected chi connectivity index (χ1v) is 11.0. The number of carbonyl (C=O) groups excluding carboxylic acids is 1. The average Bonchev–Trinajstić information content (AvgIpc) is 3.40. The molecular weight excluding hydrogens is 459 g/mol. The predicted molar refractivity (Wildman–Crippen MR) is 123 cm³/mol. The van der Waals surface area contributed by atoms with Crippen LogP contribution in [0.1, 0.15) is 34.5 Å². The Balaban J connectivity index is 1.61. The molecule has 0 saturated carbocycles. The molecule has 1 aromatic heterocycles. The molecule has 1 aliphatic heterocycles. The number of carbonyl (C=O) groups is 1. The largest absolute Gasteiger partial charge is 0.488 e. The highest BCUT2D eigenvalue weighted by molar-refractivity contribution is 5.86. The van der Waals surface area contributed by atoms with Crippen LogP contribution < -0.4 is 15.0 Å². The summed E-state index contributed by atoms with van der Waals surface area (Å²) in [7, 11) is 0. The molecule has 7 nitrogen and oxygen atoms in total. The van der Waals surface area contributed by atoms with E-state index in [2.05, 4.69) is 15.5 Å². The van der Waals surface area contributed by atoms with Gasteiger partial charge < -0.3 is 15.0 Å². The van der Waals surface area contributed by atoms with Crippen molar-refractivity contribution in [1.29, 1.82) is 5.26 Å². The van der Waals surface area contributed by atoms with Crippen LogP contribution in [0, 0.1) is 25.2 Å². The number of nitriles is 1. The molecule has 3 aromatic rings. The second kappa shape index (κ2) is 9.70. The number of hydrogen-bond donors (Lipinski definition) is 2. The Kier molecular flexibility index (Phi) is 6.69. The van der Waals surface area contributed by atoms with E-state index in [1.807, 2.05) is 32.0 Å². The van der Waals surface area contributed by atoms with Crippen molar-refractivity contribution < 1.29 is 22.7 Å². The molecule has 0 spiro atoms. The molecule has 0 bridgehead atoms. The summed E-state index contributed by atoms with van der Waals surface area (Å²) in [4.78, 5) is 14.8. The van der Waals surface area contributed by atoms with E-state index in [-0.39, 0.29) is 31.1 Å². The standard InChI is InChI=1S/C25H24F3N5O2/c1-15-21(16(2)32-31-15)13-30-24(34)23-11-20(35-19-6-4-3-5-7-19)14-33(23)18-9-8-17(12-29)22(10-18)25(26,27)28/h3-10,20,23H,11,13-14H2,1-2H3,(H,30,34)(H,31,32)/t20-,23-/m0/s1. The number of aromatic amines is 1. The van der Waals surface area contributed by atoms with Gasteiger partial charge in [0.05, 0.1) is 29.4 Å². The maximum atomic E-state index is 13.6. The van der Waals surface area contributed by atoms with Crippen LogP contribution in [0.5, 0.6) is 5.75 Å². The topological polar surface area (TPSA) is 94.0 Å². The van der Waals surface area contributed by atoms with Crippen molar-refractivity contribution in [2.75, 3.05) is 11.4 Å². The number of ether oxygens (including phenoxy) is 1. The van der Waals surface area contributed by atoms with Gasteiger partial charge in [-0.1, -0.05) is 18.2 Å². The third-order valence-corrected chi connectivity index (χ3v) is 6.09. The van der Waals surface area contributed by atoms with Crippen molar-refractivity contribution in [3.63, 3.8) is 0 Å². The smallest absolute Gasteiger partial charge is 0.417 e. The zero-order valence-electron chi connectivity index (χ0n) is 19.2. The van der Waals surface area contributed by atoms with Crippen LogP contribution >= 0.6 is 0 Å². The molecular formula is C25H24F3N5O2. The van der Waals surface area contributed by atoms with Crippen LogP contribution in [-0.2, 0) is 17.5 Å². The molecule has 0 radical (unpaired) electrons. The molecule has 1 fully saturated rings. The van der Waals surface area contributed by atoms with Crippen LogP contribution in [-0.4, -0.2) is 34.8 Å². The minimum atomic E-state index is -4.70. The van der Waals surface area contributed by atoms with E-state index in [1.165, 1.54) is 6.07 Å². The van der Waals surface area contributed by atoms with Crippen LogP contribution in [0.4, 0.5) is 18.9 Å². The fraction of sp³-hybridized carbons (Fsp3) is 0.320. The average molecular weight is 483 g/mol. The number of halogens is 3. The van der Waals surface area contributed by atoms with Gasteiger partial charge in [-0.15, -0.1) is 0 Å². The summed E-state index contributed by atoms with van der Waals surface area (Å²) in [5.41, 5.74) is 1.15. The summed E-state index contributed by atoms with van der Waals surface area (Å²) in [5, 5.41) is 19.0. The van der Waals surface area contributed by atoms with Crippen LogP contribution in [0.3, 0.4) is 0 Å². The molecule has 0 unspecified atom stereocenters. The molecule has 0 aliphatic carbocycles. The first-order valence-electron chi connectivity index (χ1n) is 11.0. The molecule has 1 aliphatic rings. The normalized spacial score (nSPS) is 17.8. The molecule has 35 heavy (non-hydrogen) atoms. The van der Waals surface area contributed by atoms with Gasteiger partial charge in [0.25, 0.3) is 0 Å². The highest BCUT2D eigenvalue weighted by Gasteiger charge is 2.40. The summed E-state index contributed by atoms with van der Waals surface area (Å²) in [6.07, 6.45) is -4.84. The molecule has 2 atom stereocenters. The lowest BCUT2D eigenvalue weighted by Gasteiger charge is -2.26. The summed E-state index contributed by atoms with van der Waals surface area (Å²) >= 11 is 0.